The molecule has 0 spiro atoms. The Morgan fingerprint density at radius 3 is 2.62 bits per heavy atom. The van der Waals surface area contributed by atoms with Crippen molar-refractivity contribution in [3.8, 4) is 0 Å². The molecule has 1 aromatic rings. The van der Waals surface area contributed by atoms with E-state index in [9.17, 15) is 4.79 Å². The molecule has 0 aliphatic carbocycles. The molecule has 0 fully saturated rings. The molecule has 1 unspecified atom stereocenters. The number of nitrogens with zero attached hydrogens (tertiary/aromatic N) is 1. The maximum absolute atomic E-state index is 12.3. The fourth-order valence-electron chi connectivity index (χ4n) is 1.98. The molecule has 120 valence electrons. The lowest BCUT2D eigenvalue weighted by Crippen LogP contribution is -2.32. The summed E-state index contributed by atoms with van der Waals surface area (Å²) in [5, 5.41) is 0.717. The number of nitrogens with two attached hydrogens (primary N) is 1. The van der Waals surface area contributed by atoms with Gasteiger partial charge in [-0.15, -0.1) is 12.4 Å². The molecule has 0 bridgehead atoms. The van der Waals surface area contributed by atoms with Crippen LogP contribution >= 0.6 is 24.0 Å². The maximum Gasteiger partial charge on any atom is 0.222 e. The van der Waals surface area contributed by atoms with E-state index >= 15 is 0 Å². The fourth-order valence-corrected chi connectivity index (χ4v) is 2.18. The minimum atomic E-state index is 0. The van der Waals surface area contributed by atoms with Crippen molar-refractivity contribution < 1.29 is 4.79 Å². The zero-order valence-corrected chi connectivity index (χ0v) is 14.4. The summed E-state index contributed by atoms with van der Waals surface area (Å²) >= 11 is 6.18. The van der Waals surface area contributed by atoms with Crippen molar-refractivity contribution in [3.05, 3.63) is 34.9 Å². The summed E-state index contributed by atoms with van der Waals surface area (Å²) in [6, 6.07) is 7.75. The molecule has 0 aliphatic rings. The second-order valence-corrected chi connectivity index (χ2v) is 5.68. The Labute approximate surface area is 139 Å². The van der Waals surface area contributed by atoms with E-state index in [1.807, 2.05) is 36.1 Å². The van der Waals surface area contributed by atoms with E-state index in [0.29, 0.717) is 18.0 Å². The average molecular weight is 333 g/mol. The molecule has 1 rings (SSSR count). The van der Waals surface area contributed by atoms with Crippen molar-refractivity contribution in [3.63, 3.8) is 0 Å². The summed E-state index contributed by atoms with van der Waals surface area (Å²) < 4.78 is 0. The Kier molecular flexibility index (Phi) is 10.5. The van der Waals surface area contributed by atoms with Crippen LogP contribution < -0.4 is 5.73 Å². The second kappa shape index (κ2) is 10.9. The highest BCUT2D eigenvalue weighted by Gasteiger charge is 2.15. The third-order valence-corrected chi connectivity index (χ3v) is 3.64. The van der Waals surface area contributed by atoms with Crippen LogP contribution in [-0.4, -0.2) is 23.4 Å². The molecule has 0 aliphatic heterocycles. The molecule has 21 heavy (non-hydrogen) atoms. The van der Waals surface area contributed by atoms with Crippen molar-refractivity contribution in [2.45, 2.75) is 52.1 Å². The normalized spacial score (nSPS) is 11.6. The van der Waals surface area contributed by atoms with Gasteiger partial charge in [0.05, 0.1) is 0 Å². The van der Waals surface area contributed by atoms with Crippen LogP contribution in [0.5, 0.6) is 0 Å². The number of hydrogen-bond acceptors (Lipinski definition) is 2. The minimum Gasteiger partial charge on any atom is -0.338 e. The number of carbonyl (C=O) groups is 1. The van der Waals surface area contributed by atoms with Crippen molar-refractivity contribution in [2.24, 2.45) is 5.73 Å². The smallest absolute Gasteiger partial charge is 0.222 e. The monoisotopic (exact) mass is 332 g/mol. The van der Waals surface area contributed by atoms with E-state index in [-0.39, 0.29) is 24.4 Å². The molecular weight excluding hydrogens is 307 g/mol. The summed E-state index contributed by atoms with van der Waals surface area (Å²) in [4.78, 5) is 14.2. The molecular formula is C16H26Cl2N2O. The SMILES string of the molecule is CCCCN(Cc1ccccc1Cl)C(=O)CCC(C)N.Cl. The summed E-state index contributed by atoms with van der Waals surface area (Å²) in [7, 11) is 0. The summed E-state index contributed by atoms with van der Waals surface area (Å²) in [6.45, 7) is 5.41. The van der Waals surface area contributed by atoms with Gasteiger partial charge in [0, 0.05) is 30.6 Å². The third-order valence-electron chi connectivity index (χ3n) is 3.27. The minimum absolute atomic E-state index is 0. The Hall–Kier alpha value is -0.770. The van der Waals surface area contributed by atoms with Crippen molar-refractivity contribution in [1.29, 1.82) is 0 Å². The molecule has 0 saturated carbocycles. The van der Waals surface area contributed by atoms with Gasteiger partial charge in [-0.1, -0.05) is 43.1 Å². The lowest BCUT2D eigenvalue weighted by atomic mass is 10.1. The molecule has 0 heterocycles. The highest BCUT2D eigenvalue weighted by Crippen LogP contribution is 2.18. The molecule has 1 atom stereocenters. The Morgan fingerprint density at radius 2 is 2.05 bits per heavy atom. The summed E-state index contributed by atoms with van der Waals surface area (Å²) in [5.41, 5.74) is 6.73. The Morgan fingerprint density at radius 1 is 1.38 bits per heavy atom. The van der Waals surface area contributed by atoms with Crippen LogP contribution in [0.2, 0.25) is 5.02 Å². The zero-order valence-electron chi connectivity index (χ0n) is 12.8. The van der Waals surface area contributed by atoms with Gasteiger partial charge in [0.25, 0.3) is 0 Å². The lowest BCUT2D eigenvalue weighted by molar-refractivity contribution is -0.132. The first-order chi connectivity index (χ1) is 9.54. The number of halogens is 2. The summed E-state index contributed by atoms with van der Waals surface area (Å²) in [5.74, 6) is 0.163. The van der Waals surface area contributed by atoms with Gasteiger partial charge in [0.1, 0.15) is 0 Å². The molecule has 3 nitrogen and oxygen atoms in total. The lowest BCUT2D eigenvalue weighted by Gasteiger charge is -2.23. The number of unbranched alkanes of at least 4 members (excludes halogenated alkanes) is 1. The molecule has 5 heteroatoms. The Bertz CT molecular complexity index is 424. The van der Waals surface area contributed by atoms with E-state index in [0.717, 1.165) is 31.4 Å². The van der Waals surface area contributed by atoms with Crippen LogP contribution in [0, 0.1) is 0 Å². The Balaban J connectivity index is 0.00000400. The van der Waals surface area contributed by atoms with Crippen molar-refractivity contribution in [1.82, 2.24) is 4.90 Å². The second-order valence-electron chi connectivity index (χ2n) is 5.28. The van der Waals surface area contributed by atoms with Gasteiger partial charge >= 0.3 is 0 Å². The van der Waals surface area contributed by atoms with E-state index in [2.05, 4.69) is 6.92 Å². The molecule has 1 amide bonds. The molecule has 2 N–H and O–H groups in total. The van der Waals surface area contributed by atoms with Gasteiger partial charge in [0.15, 0.2) is 0 Å². The predicted molar refractivity (Wildman–Crippen MR) is 91.9 cm³/mol. The van der Waals surface area contributed by atoms with Crippen LogP contribution in [0.3, 0.4) is 0 Å². The zero-order chi connectivity index (χ0) is 15.0. The number of hydrogen-bond donors (Lipinski definition) is 1. The average Bonchev–Trinajstić information content (AvgIpc) is 2.42. The molecule has 0 saturated heterocycles. The van der Waals surface area contributed by atoms with E-state index in [1.165, 1.54) is 0 Å². The van der Waals surface area contributed by atoms with Crippen LogP contribution in [0.25, 0.3) is 0 Å². The van der Waals surface area contributed by atoms with Crippen LogP contribution in [-0.2, 0) is 11.3 Å². The van der Waals surface area contributed by atoms with Gasteiger partial charge in [0.2, 0.25) is 5.91 Å². The standard InChI is InChI=1S/C16H25ClN2O.ClH/c1-3-4-11-19(16(20)10-9-13(2)18)12-14-7-5-6-8-15(14)17;/h5-8,13H,3-4,9-12,18H2,1-2H3;1H. The number of amides is 1. The van der Waals surface area contributed by atoms with Crippen molar-refractivity contribution in [2.75, 3.05) is 6.54 Å². The number of benzene rings is 1. The molecule has 0 aromatic heterocycles. The highest BCUT2D eigenvalue weighted by atomic mass is 35.5. The molecule has 0 radical (unpaired) electrons. The highest BCUT2D eigenvalue weighted by molar-refractivity contribution is 6.31. The first-order valence-corrected chi connectivity index (χ1v) is 7.69. The van der Waals surface area contributed by atoms with Crippen LogP contribution in [0.15, 0.2) is 24.3 Å². The third kappa shape index (κ3) is 7.70. The summed E-state index contributed by atoms with van der Waals surface area (Å²) in [6.07, 6.45) is 3.31. The van der Waals surface area contributed by atoms with Gasteiger partial charge in [-0.05, 0) is 31.4 Å². The fraction of sp³-hybridized carbons (Fsp3) is 0.562. The van der Waals surface area contributed by atoms with Gasteiger partial charge in [-0.25, -0.2) is 0 Å². The van der Waals surface area contributed by atoms with E-state index in [4.69, 9.17) is 17.3 Å². The van der Waals surface area contributed by atoms with Gasteiger partial charge in [-0.3, -0.25) is 4.79 Å². The topological polar surface area (TPSA) is 46.3 Å². The number of rotatable bonds is 8. The van der Waals surface area contributed by atoms with Crippen LogP contribution in [0.4, 0.5) is 0 Å². The first kappa shape index (κ1) is 20.2. The van der Waals surface area contributed by atoms with E-state index < -0.39 is 0 Å². The van der Waals surface area contributed by atoms with Gasteiger partial charge in [-0.2, -0.15) is 0 Å². The maximum atomic E-state index is 12.3. The van der Waals surface area contributed by atoms with Crippen molar-refractivity contribution >= 4 is 29.9 Å². The van der Waals surface area contributed by atoms with Gasteiger partial charge < -0.3 is 10.6 Å². The predicted octanol–water partition coefficient (Wildman–Crippen LogP) is 4.02. The quantitative estimate of drug-likeness (QED) is 0.781. The largest absolute Gasteiger partial charge is 0.338 e. The molecule has 1 aromatic carbocycles. The van der Waals surface area contributed by atoms with Crippen LogP contribution in [0.1, 0.15) is 45.1 Å². The van der Waals surface area contributed by atoms with E-state index in [1.54, 1.807) is 0 Å². The first-order valence-electron chi connectivity index (χ1n) is 7.31. The number of carbonyl (C=O) groups excluding carboxylic acids is 1.